The smallest absolute Gasteiger partial charge is 0.251 e. The molecule has 0 spiro atoms. The molecule has 32 heavy (non-hydrogen) atoms. The fourth-order valence-electron chi connectivity index (χ4n) is 4.50. The predicted molar refractivity (Wildman–Crippen MR) is 131 cm³/mol. The Hall–Kier alpha value is -3.12. The van der Waals surface area contributed by atoms with Crippen LogP contribution in [0.15, 0.2) is 59.4 Å². The number of benzene rings is 2. The second-order valence-corrected chi connectivity index (χ2v) is 9.00. The fraction of sp³-hybridized carbons (Fsp3) is 0.385. The van der Waals surface area contributed by atoms with E-state index in [1.54, 1.807) is 0 Å². The van der Waals surface area contributed by atoms with Gasteiger partial charge in [-0.05, 0) is 81.1 Å². The Morgan fingerprint density at radius 2 is 1.81 bits per heavy atom. The average Bonchev–Trinajstić information content (AvgIpc) is 2.78. The number of aryl methyl sites for hydroxylation is 1. The lowest BCUT2D eigenvalue weighted by atomic mass is 9.96. The minimum atomic E-state index is -0.129. The van der Waals surface area contributed by atoms with E-state index in [-0.39, 0.29) is 17.9 Å². The molecule has 2 aromatic carbocycles. The third kappa shape index (κ3) is 5.56. The SMILES string of the molecule is CN(C)CC1CCN(c2ccc(NC(=O)CCc3cc4ccccc4[nH]c3=O)cc2)CC1. The number of rotatable bonds is 7. The van der Waals surface area contributed by atoms with Gasteiger partial charge in [0.25, 0.3) is 5.56 Å². The van der Waals surface area contributed by atoms with Crippen LogP contribution < -0.4 is 15.8 Å². The summed E-state index contributed by atoms with van der Waals surface area (Å²) in [6.45, 7) is 3.30. The Balaban J connectivity index is 1.29. The van der Waals surface area contributed by atoms with Gasteiger partial charge in [0.2, 0.25) is 5.91 Å². The van der Waals surface area contributed by atoms with E-state index in [0.717, 1.165) is 42.1 Å². The molecule has 3 aromatic rings. The molecule has 1 aliphatic rings. The van der Waals surface area contributed by atoms with Gasteiger partial charge in [-0.15, -0.1) is 0 Å². The van der Waals surface area contributed by atoms with Gasteiger partial charge in [0.1, 0.15) is 0 Å². The van der Waals surface area contributed by atoms with Gasteiger partial charge in [-0.1, -0.05) is 18.2 Å². The summed E-state index contributed by atoms with van der Waals surface area (Å²) in [4.78, 5) is 32.3. The number of aromatic nitrogens is 1. The fourth-order valence-corrected chi connectivity index (χ4v) is 4.50. The standard InChI is InChI=1S/C26H32N4O2/c1-29(2)18-19-13-15-30(16-14-19)23-10-8-22(9-11-23)27-25(31)12-7-21-17-20-5-3-4-6-24(20)28-26(21)32/h3-6,8-11,17,19H,7,12-16,18H2,1-2H3,(H,27,31)(H,28,32). The first-order chi connectivity index (χ1) is 15.5. The van der Waals surface area contributed by atoms with E-state index < -0.39 is 0 Å². The molecule has 4 rings (SSSR count). The Bertz CT molecular complexity index is 1110. The summed E-state index contributed by atoms with van der Waals surface area (Å²) in [5.74, 6) is 0.685. The van der Waals surface area contributed by atoms with Crippen LogP contribution in [0.1, 0.15) is 24.8 Å². The molecule has 2 N–H and O–H groups in total. The lowest BCUT2D eigenvalue weighted by molar-refractivity contribution is -0.116. The summed E-state index contributed by atoms with van der Waals surface area (Å²) in [5.41, 5.74) is 3.30. The maximum absolute atomic E-state index is 12.4. The number of H-pyrrole nitrogens is 1. The van der Waals surface area contributed by atoms with E-state index in [1.165, 1.54) is 18.5 Å². The quantitative estimate of drug-likeness (QED) is 0.595. The number of hydrogen-bond acceptors (Lipinski definition) is 4. The Morgan fingerprint density at radius 1 is 1.09 bits per heavy atom. The van der Waals surface area contributed by atoms with Crippen LogP contribution in [0.4, 0.5) is 11.4 Å². The lowest BCUT2D eigenvalue weighted by Crippen LogP contribution is -2.37. The van der Waals surface area contributed by atoms with Crippen molar-refractivity contribution in [2.45, 2.75) is 25.7 Å². The highest BCUT2D eigenvalue weighted by Gasteiger charge is 2.20. The highest BCUT2D eigenvalue weighted by molar-refractivity contribution is 5.91. The molecule has 6 heteroatoms. The monoisotopic (exact) mass is 432 g/mol. The van der Waals surface area contributed by atoms with Crippen molar-refractivity contribution in [3.8, 4) is 0 Å². The highest BCUT2D eigenvalue weighted by atomic mass is 16.1. The highest BCUT2D eigenvalue weighted by Crippen LogP contribution is 2.25. The molecule has 0 radical (unpaired) electrons. The number of anilines is 2. The summed E-state index contributed by atoms with van der Waals surface area (Å²) in [7, 11) is 4.28. The van der Waals surface area contributed by atoms with E-state index in [1.807, 2.05) is 42.5 Å². The third-order valence-electron chi connectivity index (χ3n) is 6.21. The number of aromatic amines is 1. The summed E-state index contributed by atoms with van der Waals surface area (Å²) in [6, 6.07) is 17.6. The number of amides is 1. The first-order valence-electron chi connectivity index (χ1n) is 11.4. The van der Waals surface area contributed by atoms with Crippen molar-refractivity contribution >= 4 is 28.2 Å². The van der Waals surface area contributed by atoms with Crippen LogP contribution in [0.2, 0.25) is 0 Å². The third-order valence-corrected chi connectivity index (χ3v) is 6.21. The van der Waals surface area contributed by atoms with E-state index in [2.05, 4.69) is 46.3 Å². The molecule has 168 valence electrons. The second-order valence-electron chi connectivity index (χ2n) is 9.00. The van der Waals surface area contributed by atoms with Crippen molar-refractivity contribution in [2.75, 3.05) is 43.9 Å². The zero-order valence-electron chi connectivity index (χ0n) is 18.9. The number of para-hydroxylation sites is 1. The molecular formula is C26H32N4O2. The minimum Gasteiger partial charge on any atom is -0.372 e. The normalized spacial score (nSPS) is 14.8. The number of pyridine rings is 1. The molecule has 0 atom stereocenters. The van der Waals surface area contributed by atoms with Crippen LogP contribution in [0.25, 0.3) is 10.9 Å². The molecule has 1 saturated heterocycles. The van der Waals surface area contributed by atoms with Crippen LogP contribution in [0.3, 0.4) is 0 Å². The Kier molecular flexibility index (Phi) is 6.90. The molecule has 1 aliphatic heterocycles. The molecule has 2 heterocycles. The Labute approximate surface area is 189 Å². The minimum absolute atomic E-state index is 0.0881. The first kappa shape index (κ1) is 22.1. The number of nitrogens with zero attached hydrogens (tertiary/aromatic N) is 2. The van der Waals surface area contributed by atoms with Crippen molar-refractivity contribution < 1.29 is 4.79 Å². The van der Waals surface area contributed by atoms with E-state index in [9.17, 15) is 9.59 Å². The maximum atomic E-state index is 12.4. The van der Waals surface area contributed by atoms with Gasteiger partial charge in [-0.25, -0.2) is 0 Å². The predicted octanol–water partition coefficient (Wildman–Crippen LogP) is 3.88. The zero-order chi connectivity index (χ0) is 22.5. The number of nitrogens with one attached hydrogen (secondary N) is 2. The second kappa shape index (κ2) is 10.0. The number of carbonyl (C=O) groups is 1. The van der Waals surface area contributed by atoms with Crippen LogP contribution in [0, 0.1) is 5.92 Å². The van der Waals surface area contributed by atoms with Crippen molar-refractivity contribution in [3.63, 3.8) is 0 Å². The lowest BCUT2D eigenvalue weighted by Gasteiger charge is -2.34. The molecule has 1 aromatic heterocycles. The summed E-state index contributed by atoms with van der Waals surface area (Å²) < 4.78 is 0. The summed E-state index contributed by atoms with van der Waals surface area (Å²) in [6.07, 6.45) is 3.10. The molecule has 1 fully saturated rings. The number of piperidine rings is 1. The van der Waals surface area contributed by atoms with Gasteiger partial charge in [0.15, 0.2) is 0 Å². The molecule has 0 unspecified atom stereocenters. The molecule has 0 saturated carbocycles. The van der Waals surface area contributed by atoms with E-state index in [4.69, 9.17) is 0 Å². The largest absolute Gasteiger partial charge is 0.372 e. The average molecular weight is 433 g/mol. The van der Waals surface area contributed by atoms with Gasteiger partial charge in [0, 0.05) is 48.5 Å². The molecular weight excluding hydrogens is 400 g/mol. The van der Waals surface area contributed by atoms with Gasteiger partial charge in [0.05, 0.1) is 0 Å². The van der Waals surface area contributed by atoms with Crippen molar-refractivity contribution in [2.24, 2.45) is 5.92 Å². The van der Waals surface area contributed by atoms with E-state index in [0.29, 0.717) is 12.0 Å². The van der Waals surface area contributed by atoms with Crippen LogP contribution in [-0.4, -0.2) is 49.5 Å². The summed E-state index contributed by atoms with van der Waals surface area (Å²) >= 11 is 0. The first-order valence-corrected chi connectivity index (χ1v) is 11.4. The van der Waals surface area contributed by atoms with Crippen LogP contribution in [-0.2, 0) is 11.2 Å². The van der Waals surface area contributed by atoms with Crippen LogP contribution >= 0.6 is 0 Å². The topological polar surface area (TPSA) is 68.4 Å². The molecule has 0 bridgehead atoms. The number of carbonyl (C=O) groups excluding carboxylic acids is 1. The van der Waals surface area contributed by atoms with E-state index >= 15 is 0 Å². The Morgan fingerprint density at radius 3 is 2.53 bits per heavy atom. The van der Waals surface area contributed by atoms with Crippen molar-refractivity contribution in [1.29, 1.82) is 0 Å². The van der Waals surface area contributed by atoms with Crippen molar-refractivity contribution in [1.82, 2.24) is 9.88 Å². The van der Waals surface area contributed by atoms with Gasteiger partial charge >= 0.3 is 0 Å². The van der Waals surface area contributed by atoms with Gasteiger partial charge < -0.3 is 20.1 Å². The molecule has 0 aliphatic carbocycles. The molecule has 6 nitrogen and oxygen atoms in total. The molecule has 1 amide bonds. The number of hydrogen-bond donors (Lipinski definition) is 2. The van der Waals surface area contributed by atoms with Crippen LogP contribution in [0.5, 0.6) is 0 Å². The maximum Gasteiger partial charge on any atom is 0.251 e. The van der Waals surface area contributed by atoms with Crippen molar-refractivity contribution in [3.05, 3.63) is 70.5 Å². The van der Waals surface area contributed by atoms with Gasteiger partial charge in [-0.2, -0.15) is 0 Å². The summed E-state index contributed by atoms with van der Waals surface area (Å²) in [5, 5.41) is 3.93. The van der Waals surface area contributed by atoms with Gasteiger partial charge in [-0.3, -0.25) is 9.59 Å². The number of fused-ring (bicyclic) bond motifs is 1. The zero-order valence-corrected chi connectivity index (χ0v) is 18.9.